The van der Waals surface area contributed by atoms with Gasteiger partial charge in [0.15, 0.2) is 0 Å². The van der Waals surface area contributed by atoms with Crippen molar-refractivity contribution in [3.05, 3.63) is 39.9 Å². The molecule has 88 valence electrons. The number of carboxylic acid groups (broad SMARTS) is 1. The molecule has 0 saturated heterocycles. The number of aliphatic hydroxyl groups is 1. The molecule has 0 aliphatic carbocycles. The van der Waals surface area contributed by atoms with Crippen molar-refractivity contribution in [2.45, 2.75) is 13.3 Å². The van der Waals surface area contributed by atoms with Gasteiger partial charge in [-0.05, 0) is 12.0 Å². The summed E-state index contributed by atoms with van der Waals surface area (Å²) in [5.41, 5.74) is 0.854. The maximum atomic E-state index is 10.3. The first-order valence-corrected chi connectivity index (χ1v) is 4.51. The number of rotatable bonds is 3. The van der Waals surface area contributed by atoms with E-state index >= 15 is 0 Å². The van der Waals surface area contributed by atoms with E-state index in [9.17, 15) is 10.1 Å². The van der Waals surface area contributed by atoms with E-state index in [-0.39, 0.29) is 12.3 Å². The van der Waals surface area contributed by atoms with Crippen LogP contribution in [0.3, 0.4) is 0 Å². The molecule has 0 aliphatic rings. The van der Waals surface area contributed by atoms with E-state index in [1.807, 2.05) is 0 Å². The molecule has 0 unspecified atom stereocenters. The van der Waals surface area contributed by atoms with E-state index in [1.165, 1.54) is 12.1 Å². The highest BCUT2D eigenvalue weighted by Crippen LogP contribution is 2.12. The molecular weight excluding hydrogens is 214 g/mol. The number of carboxylic acids is 1. The molecule has 0 radical (unpaired) electrons. The first-order valence-electron chi connectivity index (χ1n) is 4.51. The number of nitro benzene ring substituents is 1. The van der Waals surface area contributed by atoms with Gasteiger partial charge in [0.05, 0.1) is 4.92 Å². The third kappa shape index (κ3) is 6.50. The average Bonchev–Trinajstić information content (AvgIpc) is 2.17. The fourth-order valence-electron chi connectivity index (χ4n) is 0.955. The molecule has 0 saturated carbocycles. The number of nitrogens with zero attached hydrogens (tertiary/aromatic N) is 1. The molecule has 1 aromatic rings. The molecule has 0 aliphatic heterocycles. The van der Waals surface area contributed by atoms with Crippen molar-refractivity contribution in [3.8, 4) is 0 Å². The highest BCUT2D eigenvalue weighted by atomic mass is 16.6. The number of carbonyl (C=O) groups is 1. The lowest BCUT2D eigenvalue weighted by atomic mass is 10.1. The molecule has 0 fully saturated rings. The van der Waals surface area contributed by atoms with Crippen LogP contribution < -0.4 is 0 Å². The van der Waals surface area contributed by atoms with Gasteiger partial charge in [0.25, 0.3) is 11.7 Å². The maximum Gasteiger partial charge on any atom is 0.300 e. The second-order valence-corrected chi connectivity index (χ2v) is 2.92. The summed E-state index contributed by atoms with van der Waals surface area (Å²) in [7, 11) is 0. The van der Waals surface area contributed by atoms with E-state index < -0.39 is 10.9 Å². The Kier molecular flexibility index (Phi) is 6.46. The van der Waals surface area contributed by atoms with Crippen molar-refractivity contribution in [3.63, 3.8) is 0 Å². The normalized spacial score (nSPS) is 8.88. The first kappa shape index (κ1) is 14.1. The van der Waals surface area contributed by atoms with Gasteiger partial charge in [0.2, 0.25) is 0 Å². The molecule has 6 nitrogen and oxygen atoms in total. The highest BCUT2D eigenvalue weighted by molar-refractivity contribution is 5.62. The lowest BCUT2D eigenvalue weighted by Gasteiger charge is -1.96. The third-order valence-electron chi connectivity index (χ3n) is 1.52. The molecule has 0 spiro atoms. The standard InChI is InChI=1S/C8H9NO3.C2H4O2/c10-5-4-7-2-1-3-8(6-7)9(11)12;1-2(3)4/h1-3,6,10H,4-5H2;1H3,(H,3,4). The maximum absolute atomic E-state index is 10.3. The topological polar surface area (TPSA) is 101 Å². The van der Waals surface area contributed by atoms with Crippen molar-refractivity contribution < 1.29 is 19.9 Å². The summed E-state index contributed by atoms with van der Waals surface area (Å²) in [5, 5.41) is 26.3. The van der Waals surface area contributed by atoms with E-state index in [0.717, 1.165) is 12.5 Å². The number of non-ortho nitro benzene ring substituents is 1. The number of aliphatic hydroxyl groups excluding tert-OH is 1. The van der Waals surface area contributed by atoms with Crippen LogP contribution in [0.5, 0.6) is 0 Å². The molecule has 16 heavy (non-hydrogen) atoms. The summed E-state index contributed by atoms with van der Waals surface area (Å²) in [6.07, 6.45) is 0.460. The summed E-state index contributed by atoms with van der Waals surface area (Å²) >= 11 is 0. The van der Waals surface area contributed by atoms with Gasteiger partial charge in [-0.25, -0.2) is 0 Å². The predicted molar refractivity (Wildman–Crippen MR) is 57.2 cm³/mol. The minimum absolute atomic E-state index is 0.0150. The molecule has 0 atom stereocenters. The Labute approximate surface area is 92.3 Å². The van der Waals surface area contributed by atoms with Crippen LogP contribution in [0.1, 0.15) is 12.5 Å². The smallest absolute Gasteiger partial charge is 0.300 e. The summed E-state index contributed by atoms with van der Waals surface area (Å²) in [6, 6.07) is 6.27. The summed E-state index contributed by atoms with van der Waals surface area (Å²) in [5.74, 6) is -0.833. The van der Waals surface area contributed by atoms with Gasteiger partial charge in [-0.3, -0.25) is 14.9 Å². The van der Waals surface area contributed by atoms with Crippen molar-refractivity contribution in [2.75, 3.05) is 6.61 Å². The molecule has 0 aromatic heterocycles. The first-order chi connectivity index (χ1) is 7.47. The van der Waals surface area contributed by atoms with Gasteiger partial charge < -0.3 is 10.2 Å². The summed E-state index contributed by atoms with van der Waals surface area (Å²) in [4.78, 5) is 18.9. The Hall–Kier alpha value is -1.95. The zero-order valence-electron chi connectivity index (χ0n) is 8.79. The van der Waals surface area contributed by atoms with Crippen molar-refractivity contribution >= 4 is 11.7 Å². The molecule has 0 bridgehead atoms. The van der Waals surface area contributed by atoms with Crippen LogP contribution in [0.15, 0.2) is 24.3 Å². The number of benzene rings is 1. The van der Waals surface area contributed by atoms with Gasteiger partial charge in [-0.15, -0.1) is 0 Å². The summed E-state index contributed by atoms with van der Waals surface area (Å²) in [6.45, 7) is 1.10. The lowest BCUT2D eigenvalue weighted by molar-refractivity contribution is -0.384. The zero-order valence-corrected chi connectivity index (χ0v) is 8.79. The molecule has 0 heterocycles. The second-order valence-electron chi connectivity index (χ2n) is 2.92. The quantitative estimate of drug-likeness (QED) is 0.597. The monoisotopic (exact) mass is 227 g/mol. The molecule has 1 aromatic carbocycles. The van der Waals surface area contributed by atoms with E-state index in [0.29, 0.717) is 6.42 Å². The van der Waals surface area contributed by atoms with Crippen molar-refractivity contribution in [1.82, 2.24) is 0 Å². The van der Waals surface area contributed by atoms with E-state index in [4.69, 9.17) is 15.0 Å². The molecule has 2 N–H and O–H groups in total. The van der Waals surface area contributed by atoms with Crippen LogP contribution in [-0.4, -0.2) is 27.7 Å². The van der Waals surface area contributed by atoms with Gasteiger partial charge in [0, 0.05) is 25.7 Å². The Morgan fingerprint density at radius 3 is 2.50 bits per heavy atom. The summed E-state index contributed by atoms with van der Waals surface area (Å²) < 4.78 is 0. The SMILES string of the molecule is CC(=O)O.O=[N+]([O-])c1cccc(CCO)c1. The lowest BCUT2D eigenvalue weighted by Crippen LogP contribution is -1.93. The predicted octanol–water partition coefficient (Wildman–Crippen LogP) is 1.22. The van der Waals surface area contributed by atoms with Crippen molar-refractivity contribution in [2.24, 2.45) is 0 Å². The van der Waals surface area contributed by atoms with Crippen LogP contribution in [0, 0.1) is 10.1 Å². The van der Waals surface area contributed by atoms with Gasteiger partial charge >= 0.3 is 0 Å². The van der Waals surface area contributed by atoms with Crippen LogP contribution in [0.2, 0.25) is 0 Å². The van der Waals surface area contributed by atoms with E-state index in [1.54, 1.807) is 12.1 Å². The van der Waals surface area contributed by atoms with Crippen LogP contribution in [0.4, 0.5) is 5.69 Å². The molecule has 0 amide bonds. The Bertz CT molecular complexity index is 360. The third-order valence-corrected chi connectivity index (χ3v) is 1.52. The number of nitro groups is 1. The molecule has 6 heteroatoms. The average molecular weight is 227 g/mol. The van der Waals surface area contributed by atoms with Gasteiger partial charge in [-0.2, -0.15) is 0 Å². The van der Waals surface area contributed by atoms with Crippen LogP contribution >= 0.6 is 0 Å². The Morgan fingerprint density at radius 1 is 1.50 bits per heavy atom. The van der Waals surface area contributed by atoms with Gasteiger partial charge in [0.1, 0.15) is 0 Å². The fourth-order valence-corrected chi connectivity index (χ4v) is 0.955. The van der Waals surface area contributed by atoms with Crippen LogP contribution in [-0.2, 0) is 11.2 Å². The highest BCUT2D eigenvalue weighted by Gasteiger charge is 2.04. The van der Waals surface area contributed by atoms with Gasteiger partial charge in [-0.1, -0.05) is 12.1 Å². The molecular formula is C10H13NO5. The minimum atomic E-state index is -0.833. The van der Waals surface area contributed by atoms with Crippen molar-refractivity contribution in [1.29, 1.82) is 0 Å². The Balaban J connectivity index is 0.000000487. The molecule has 1 rings (SSSR count). The van der Waals surface area contributed by atoms with Crippen LogP contribution in [0.25, 0.3) is 0 Å². The fraction of sp³-hybridized carbons (Fsp3) is 0.300. The van der Waals surface area contributed by atoms with E-state index in [2.05, 4.69) is 0 Å². The Morgan fingerprint density at radius 2 is 2.06 bits per heavy atom. The number of aliphatic carboxylic acids is 1. The second kappa shape index (κ2) is 7.36. The largest absolute Gasteiger partial charge is 0.481 e. The zero-order chi connectivity index (χ0) is 12.6. The number of hydrogen-bond acceptors (Lipinski definition) is 4. The number of hydrogen-bond donors (Lipinski definition) is 2. The minimum Gasteiger partial charge on any atom is -0.481 e.